The van der Waals surface area contributed by atoms with Gasteiger partial charge in [-0.3, -0.25) is 33.6 Å². The van der Waals surface area contributed by atoms with Gasteiger partial charge in [0.25, 0.3) is 11.5 Å². The normalized spacial score (nSPS) is 12.8. The summed E-state index contributed by atoms with van der Waals surface area (Å²) >= 11 is 0. The van der Waals surface area contributed by atoms with Crippen LogP contribution in [0.25, 0.3) is 10.9 Å². The number of nitrogens with one attached hydrogen (secondary N) is 6. The van der Waals surface area contributed by atoms with E-state index < -0.39 is 160 Å². The zero-order valence-corrected chi connectivity index (χ0v) is 38.0. The number of aliphatic carboxylic acids is 6. The van der Waals surface area contributed by atoms with Gasteiger partial charge in [0.15, 0.2) is 0 Å². The van der Waals surface area contributed by atoms with Crippen molar-refractivity contribution in [3.05, 3.63) is 69.8 Å². The first-order valence-corrected chi connectivity index (χ1v) is 21.6. The van der Waals surface area contributed by atoms with Gasteiger partial charge < -0.3 is 67.1 Å². The standard InChI is InChI=1S/C45H52N8O18/c1-3-20-53(22-24-4-9-28-27(21-24)40(61)47-23(2)46-28)26-7-5-25(6-8-26)39(60)52-33(45(70)71)13-18-37(57)50-31(43(66)67)11-16-35(55)48-29(41(62)63)10-15-34(54)49-30(42(64)65)12-17-36(56)51-32(44(68)69)14-19-38(58)59/h1,4-9,21,29-33H,10-20,22H2,2H3,(H,48,55)(H,49,54)(H,50,57)(H,51,56)(H,52,60)(H,58,59)(H,62,63)(H,64,65)(H,66,67)(H,68,69)(H,70,71)(H,46,47,61)/t29-,30-,31-,32-,33-/m0/s1. The highest BCUT2D eigenvalue weighted by molar-refractivity contribution is 5.97. The molecule has 0 saturated carbocycles. The Bertz CT molecular complexity index is 2610. The van der Waals surface area contributed by atoms with Crippen molar-refractivity contribution >= 4 is 81.9 Å². The number of hydrogen-bond donors (Lipinski definition) is 12. The molecule has 0 fully saturated rings. The third kappa shape index (κ3) is 19.0. The number of carboxylic acids is 6. The first-order chi connectivity index (χ1) is 33.5. The number of aryl methyl sites for hydroxylation is 1. The molecule has 5 amide bonds. The molecule has 26 heteroatoms. The largest absolute Gasteiger partial charge is 0.481 e. The van der Waals surface area contributed by atoms with E-state index in [-0.39, 0.29) is 24.2 Å². The van der Waals surface area contributed by atoms with E-state index in [1.165, 1.54) is 12.1 Å². The van der Waals surface area contributed by atoms with Crippen molar-refractivity contribution in [3.8, 4) is 12.3 Å². The Hall–Kier alpha value is -8.89. The summed E-state index contributed by atoms with van der Waals surface area (Å²) in [6, 6.07) is 2.87. The summed E-state index contributed by atoms with van der Waals surface area (Å²) in [5.41, 5.74) is 1.61. The first kappa shape index (κ1) is 56.4. The second-order valence-corrected chi connectivity index (χ2v) is 15.9. The number of carbonyl (C=O) groups excluding carboxylic acids is 5. The van der Waals surface area contributed by atoms with Crippen molar-refractivity contribution in [1.29, 1.82) is 0 Å². The third-order valence-electron chi connectivity index (χ3n) is 10.5. The highest BCUT2D eigenvalue weighted by Gasteiger charge is 2.29. The summed E-state index contributed by atoms with van der Waals surface area (Å²) in [7, 11) is 0. The van der Waals surface area contributed by atoms with Crippen molar-refractivity contribution in [3.63, 3.8) is 0 Å². The Labute approximate surface area is 402 Å². The predicted octanol–water partition coefficient (Wildman–Crippen LogP) is -0.682. The molecule has 0 unspecified atom stereocenters. The Kier molecular flexibility index (Phi) is 21.6. The minimum absolute atomic E-state index is 0.0517. The molecule has 0 aliphatic carbocycles. The fraction of sp³-hybridized carbons (Fsp3) is 0.400. The van der Waals surface area contributed by atoms with Gasteiger partial charge in [0.1, 0.15) is 36.0 Å². The molecular weight excluding hydrogens is 941 g/mol. The maximum Gasteiger partial charge on any atom is 0.326 e. The van der Waals surface area contributed by atoms with Crippen molar-refractivity contribution < 1.29 is 83.4 Å². The quantitative estimate of drug-likeness (QED) is 0.0368. The van der Waals surface area contributed by atoms with Crippen LogP contribution in [0.4, 0.5) is 5.69 Å². The molecule has 3 rings (SSSR count). The average Bonchev–Trinajstić information content (AvgIpc) is 3.29. The zero-order chi connectivity index (χ0) is 52.9. The minimum atomic E-state index is -1.74. The van der Waals surface area contributed by atoms with Crippen LogP contribution >= 0.6 is 0 Å². The van der Waals surface area contributed by atoms with E-state index in [9.17, 15) is 83.1 Å². The summed E-state index contributed by atoms with van der Waals surface area (Å²) < 4.78 is 0. The molecule has 0 radical (unpaired) electrons. The second kappa shape index (κ2) is 27.2. The maximum atomic E-state index is 13.1. The molecule has 0 spiro atoms. The van der Waals surface area contributed by atoms with Crippen molar-refractivity contribution in [1.82, 2.24) is 36.6 Å². The van der Waals surface area contributed by atoms with Crippen LogP contribution < -0.4 is 37.0 Å². The lowest BCUT2D eigenvalue weighted by Crippen LogP contribution is -2.46. The number of H-pyrrole nitrogens is 1. The maximum absolute atomic E-state index is 13.1. The van der Waals surface area contributed by atoms with Crippen LogP contribution in [0, 0.1) is 19.3 Å². The molecule has 1 aromatic heterocycles. The molecule has 0 aliphatic heterocycles. The molecule has 3 aromatic rings. The van der Waals surface area contributed by atoms with Gasteiger partial charge >= 0.3 is 35.8 Å². The number of hydrogen-bond acceptors (Lipinski definition) is 14. The summed E-state index contributed by atoms with van der Waals surface area (Å²) in [5, 5.41) is 67.6. The third-order valence-corrected chi connectivity index (χ3v) is 10.5. The number of aromatic nitrogens is 2. The number of nitrogens with zero attached hydrogens (tertiary/aromatic N) is 2. The lowest BCUT2D eigenvalue weighted by atomic mass is 10.1. The number of carboxylic acid groups (broad SMARTS) is 6. The predicted molar refractivity (Wildman–Crippen MR) is 244 cm³/mol. The topological polar surface area (TPSA) is 418 Å². The summed E-state index contributed by atoms with van der Waals surface area (Å²) in [5.74, 6) is -10.9. The van der Waals surface area contributed by atoms with E-state index in [2.05, 4.69) is 42.5 Å². The van der Waals surface area contributed by atoms with E-state index in [1.807, 2.05) is 0 Å². The summed E-state index contributed by atoms with van der Waals surface area (Å²) in [6.45, 7) is 2.10. The van der Waals surface area contributed by atoms with Crippen LogP contribution in [0.2, 0.25) is 0 Å². The number of amides is 5. The highest BCUT2D eigenvalue weighted by atomic mass is 16.4. The smallest absolute Gasteiger partial charge is 0.326 e. The van der Waals surface area contributed by atoms with Crippen molar-refractivity contribution in [2.75, 3.05) is 11.4 Å². The number of aromatic amines is 1. The van der Waals surface area contributed by atoms with E-state index >= 15 is 0 Å². The summed E-state index contributed by atoms with van der Waals surface area (Å²) in [6.07, 6.45) is -0.144. The van der Waals surface area contributed by atoms with Crippen LogP contribution in [0.15, 0.2) is 47.3 Å². The van der Waals surface area contributed by atoms with Gasteiger partial charge in [-0.2, -0.15) is 0 Å². The van der Waals surface area contributed by atoms with Gasteiger partial charge in [-0.15, -0.1) is 6.42 Å². The van der Waals surface area contributed by atoms with Gasteiger partial charge in [-0.05, 0) is 81.0 Å². The van der Waals surface area contributed by atoms with E-state index in [4.69, 9.17) is 11.5 Å². The van der Waals surface area contributed by atoms with Gasteiger partial charge in [0.05, 0.1) is 17.4 Å². The van der Waals surface area contributed by atoms with Crippen molar-refractivity contribution in [2.45, 2.75) is 108 Å². The fourth-order valence-electron chi connectivity index (χ4n) is 6.76. The van der Waals surface area contributed by atoms with Gasteiger partial charge in [0, 0.05) is 49.9 Å². The molecular formula is C45H52N8O18. The molecule has 1 heterocycles. The number of anilines is 1. The lowest BCUT2D eigenvalue weighted by molar-refractivity contribution is -0.144. The number of rotatable bonds is 30. The van der Waals surface area contributed by atoms with Crippen LogP contribution in [-0.4, -0.2) is 143 Å². The Morgan fingerprint density at radius 3 is 1.37 bits per heavy atom. The molecule has 2 aromatic carbocycles. The van der Waals surface area contributed by atoms with E-state index in [0.29, 0.717) is 22.4 Å². The number of terminal acetylenes is 1. The van der Waals surface area contributed by atoms with Crippen LogP contribution in [0.3, 0.4) is 0 Å². The Morgan fingerprint density at radius 1 is 0.592 bits per heavy atom. The second-order valence-electron chi connectivity index (χ2n) is 15.9. The number of fused-ring (bicyclic) bond motifs is 1. The molecule has 0 aliphatic rings. The monoisotopic (exact) mass is 992 g/mol. The molecule has 26 nitrogen and oxygen atoms in total. The molecule has 5 atom stereocenters. The van der Waals surface area contributed by atoms with Crippen molar-refractivity contribution in [2.24, 2.45) is 0 Å². The molecule has 0 saturated heterocycles. The zero-order valence-electron chi connectivity index (χ0n) is 38.0. The SMILES string of the molecule is C#CCN(Cc1ccc2nc(C)[nH]c(=O)c2c1)c1ccc(C(=O)N[C@@H](CCC(=O)N[C@@H](CCC(=O)N[C@@H](CCC(=O)N[C@@H](CCC(=O)N[C@@H](CCC(=O)O)C(=O)O)C(=O)O)C(=O)O)C(=O)O)C(=O)O)cc1. The summed E-state index contributed by atoms with van der Waals surface area (Å²) in [4.78, 5) is 154. The number of carbonyl (C=O) groups is 11. The lowest BCUT2D eigenvalue weighted by Gasteiger charge is -2.23. The van der Waals surface area contributed by atoms with E-state index in [1.54, 1.807) is 42.2 Å². The molecule has 12 N–H and O–H groups in total. The van der Waals surface area contributed by atoms with Crippen LogP contribution in [0.5, 0.6) is 0 Å². The van der Waals surface area contributed by atoms with Gasteiger partial charge in [-0.1, -0.05) is 12.0 Å². The molecule has 0 bridgehead atoms. The number of benzene rings is 2. The fourth-order valence-corrected chi connectivity index (χ4v) is 6.76. The van der Waals surface area contributed by atoms with Crippen LogP contribution in [-0.2, 0) is 54.5 Å². The Balaban J connectivity index is 1.49. The first-order valence-electron chi connectivity index (χ1n) is 21.6. The van der Waals surface area contributed by atoms with Crippen LogP contribution in [0.1, 0.15) is 86.0 Å². The average molecular weight is 993 g/mol. The molecule has 71 heavy (non-hydrogen) atoms. The van der Waals surface area contributed by atoms with E-state index in [0.717, 1.165) is 5.56 Å². The minimum Gasteiger partial charge on any atom is -0.481 e. The molecule has 380 valence electrons. The highest BCUT2D eigenvalue weighted by Crippen LogP contribution is 2.20. The Morgan fingerprint density at radius 2 is 0.986 bits per heavy atom. The van der Waals surface area contributed by atoms with Gasteiger partial charge in [0.2, 0.25) is 23.6 Å². The van der Waals surface area contributed by atoms with Gasteiger partial charge in [-0.25, -0.2) is 29.0 Å².